The van der Waals surface area contributed by atoms with E-state index < -0.39 is 16.6 Å². The monoisotopic (exact) mass is 759 g/mol. The maximum atomic E-state index is 11.6. The first kappa shape index (κ1) is 42.6. The van der Waals surface area contributed by atoms with Gasteiger partial charge in [0.15, 0.2) is 16.6 Å². The number of rotatable bonds is 11. The molecule has 4 aliphatic carbocycles. The van der Waals surface area contributed by atoms with Crippen molar-refractivity contribution < 1.29 is 14.0 Å². The van der Waals surface area contributed by atoms with Gasteiger partial charge in [0.05, 0.1) is 18.3 Å². The summed E-state index contributed by atoms with van der Waals surface area (Å²) in [5.41, 5.74) is 8.53. The minimum Gasteiger partial charge on any atom is -0.413 e. The van der Waals surface area contributed by atoms with Gasteiger partial charge >= 0.3 is 0 Å². The summed E-state index contributed by atoms with van der Waals surface area (Å²) in [6.45, 7) is 37.7. The summed E-state index contributed by atoms with van der Waals surface area (Å²) in [6, 6.07) is 9.10. The van der Waals surface area contributed by atoms with E-state index in [1.165, 1.54) is 60.0 Å². The van der Waals surface area contributed by atoms with Crippen LogP contribution < -0.4 is 0 Å². The SMILES string of the molecule is C=C1/C(=C\C=C2/CCC[C@]3(C)[C@@H](C(C)=CC[C@@H](O)C4(c5ccc(C(C)C)cc5)CC4)CC[C@@H]23)C[C@@H](O[Si](C)(C)C(C)(C)C)C[C@@H]1O[Si](C)(C)C(C)(C)C. The predicted octanol–water partition coefficient (Wildman–Crippen LogP) is 13.7. The van der Waals surface area contributed by atoms with Crippen LogP contribution in [0.4, 0.5) is 0 Å². The van der Waals surface area contributed by atoms with Gasteiger partial charge in [-0.05, 0) is 146 Å². The summed E-state index contributed by atoms with van der Waals surface area (Å²) in [4.78, 5) is 0. The first-order valence-electron chi connectivity index (χ1n) is 21.3. The van der Waals surface area contributed by atoms with Crippen molar-refractivity contribution in [3.8, 4) is 0 Å². The minimum absolute atomic E-state index is 0.00820. The van der Waals surface area contributed by atoms with Crippen LogP contribution in [0.2, 0.25) is 36.3 Å². The van der Waals surface area contributed by atoms with Gasteiger partial charge in [-0.2, -0.15) is 0 Å². The molecule has 6 atom stereocenters. The van der Waals surface area contributed by atoms with Gasteiger partial charge in [-0.1, -0.05) is 123 Å². The summed E-state index contributed by atoms with van der Waals surface area (Å²) in [6.07, 6.45) is 18.2. The van der Waals surface area contributed by atoms with Gasteiger partial charge in [0, 0.05) is 11.8 Å². The highest BCUT2D eigenvalue weighted by Crippen LogP contribution is 2.60. The third-order valence-electron chi connectivity index (χ3n) is 15.5. The molecule has 296 valence electrons. The number of aliphatic hydroxyl groups is 1. The average molecular weight is 759 g/mol. The standard InChI is InChI=1S/C48H78O3Si2/c1-33(2)36-21-23-39(24-22-36)48(29-30-48)44(49)27-18-34(3)41-25-26-42-37(17-16-28-47(41,42)11)19-20-38-31-40(50-52(12,13)45(5,6)7)32-43(35(38)4)51-53(14,15)46(8,9)10/h18-24,33,40-44,49H,4,16-17,25-32H2,1-3,5-15H3/b34-18?,37-19+,38-20-/t40-,41-,42+,43+,44-,47-/m1/s1. The zero-order chi connectivity index (χ0) is 39.4. The molecule has 0 saturated heterocycles. The Morgan fingerprint density at radius 2 is 1.53 bits per heavy atom. The van der Waals surface area contributed by atoms with Crippen LogP contribution in [-0.2, 0) is 14.3 Å². The predicted molar refractivity (Wildman–Crippen MR) is 233 cm³/mol. The summed E-state index contributed by atoms with van der Waals surface area (Å²) in [5, 5.41) is 11.9. The maximum absolute atomic E-state index is 11.6. The van der Waals surface area contributed by atoms with Crippen molar-refractivity contribution in [2.45, 2.75) is 199 Å². The molecule has 4 fully saturated rings. The topological polar surface area (TPSA) is 38.7 Å². The molecule has 0 heterocycles. The molecule has 1 N–H and O–H groups in total. The third kappa shape index (κ3) is 8.90. The number of hydrogen-bond acceptors (Lipinski definition) is 3. The fourth-order valence-electron chi connectivity index (χ4n) is 9.57. The molecule has 5 heteroatoms. The van der Waals surface area contributed by atoms with Crippen molar-refractivity contribution in [2.24, 2.45) is 17.3 Å². The van der Waals surface area contributed by atoms with Crippen molar-refractivity contribution in [3.63, 3.8) is 0 Å². The summed E-state index contributed by atoms with van der Waals surface area (Å²) >= 11 is 0. The lowest BCUT2D eigenvalue weighted by Crippen LogP contribution is -2.49. The second kappa shape index (κ2) is 15.4. The van der Waals surface area contributed by atoms with Crippen molar-refractivity contribution in [2.75, 3.05) is 0 Å². The smallest absolute Gasteiger partial charge is 0.192 e. The molecule has 0 unspecified atom stereocenters. The van der Waals surface area contributed by atoms with E-state index in [2.05, 4.69) is 138 Å². The molecule has 53 heavy (non-hydrogen) atoms. The zero-order valence-corrected chi connectivity index (χ0v) is 38.5. The van der Waals surface area contributed by atoms with E-state index in [9.17, 15) is 5.11 Å². The molecule has 3 nitrogen and oxygen atoms in total. The normalized spacial score (nSPS) is 30.6. The lowest BCUT2D eigenvalue weighted by molar-refractivity contribution is 0.0969. The second-order valence-corrected chi connectivity index (χ2v) is 31.0. The molecule has 0 amide bonds. The Labute approximate surface area is 328 Å². The van der Waals surface area contributed by atoms with Crippen LogP contribution in [0, 0.1) is 17.3 Å². The number of hydrogen-bond donors (Lipinski definition) is 1. The van der Waals surface area contributed by atoms with Crippen LogP contribution in [0.1, 0.15) is 150 Å². The van der Waals surface area contributed by atoms with Gasteiger partial charge in [-0.25, -0.2) is 0 Å². The molecular formula is C48H78O3Si2. The lowest BCUT2D eigenvalue weighted by atomic mass is 9.62. The molecule has 0 bridgehead atoms. The van der Waals surface area contributed by atoms with E-state index in [0.717, 1.165) is 32.1 Å². The van der Waals surface area contributed by atoms with Gasteiger partial charge in [-0.15, -0.1) is 0 Å². The van der Waals surface area contributed by atoms with Gasteiger partial charge in [0.25, 0.3) is 0 Å². The molecule has 0 radical (unpaired) electrons. The number of allylic oxidation sites excluding steroid dienone is 4. The van der Waals surface area contributed by atoms with Crippen LogP contribution in [0.5, 0.6) is 0 Å². The first-order chi connectivity index (χ1) is 24.4. The van der Waals surface area contributed by atoms with Crippen LogP contribution >= 0.6 is 0 Å². The zero-order valence-electron chi connectivity index (χ0n) is 36.5. The van der Waals surface area contributed by atoms with Crippen molar-refractivity contribution in [1.82, 2.24) is 0 Å². The summed E-state index contributed by atoms with van der Waals surface area (Å²) in [5.74, 6) is 1.71. The quantitative estimate of drug-likeness (QED) is 0.180. The van der Waals surface area contributed by atoms with Crippen LogP contribution in [0.15, 0.2) is 71.4 Å². The fourth-order valence-corrected chi connectivity index (χ4v) is 12.2. The van der Waals surface area contributed by atoms with Crippen molar-refractivity contribution >= 4 is 16.6 Å². The highest BCUT2D eigenvalue weighted by Gasteiger charge is 2.52. The molecule has 1 aromatic carbocycles. The van der Waals surface area contributed by atoms with E-state index >= 15 is 0 Å². The molecule has 4 aliphatic rings. The van der Waals surface area contributed by atoms with Gasteiger partial charge in [-0.3, -0.25) is 0 Å². The Balaban J connectivity index is 1.33. The van der Waals surface area contributed by atoms with Gasteiger partial charge in [0.1, 0.15) is 0 Å². The molecular weight excluding hydrogens is 681 g/mol. The number of aliphatic hydroxyl groups excluding tert-OH is 1. The molecule has 1 aromatic rings. The Kier molecular flexibility index (Phi) is 12.4. The first-order valence-corrected chi connectivity index (χ1v) is 27.1. The van der Waals surface area contributed by atoms with E-state index in [-0.39, 0.29) is 39.2 Å². The third-order valence-corrected chi connectivity index (χ3v) is 24.5. The highest BCUT2D eigenvalue weighted by atomic mass is 28.4. The van der Waals surface area contributed by atoms with Gasteiger partial charge < -0.3 is 14.0 Å². The highest BCUT2D eigenvalue weighted by molar-refractivity contribution is 6.74. The average Bonchev–Trinajstić information content (AvgIpc) is 3.78. The van der Waals surface area contributed by atoms with Crippen molar-refractivity contribution in [1.29, 1.82) is 0 Å². The van der Waals surface area contributed by atoms with Crippen LogP contribution in [-0.4, -0.2) is 40.1 Å². The van der Waals surface area contributed by atoms with Gasteiger partial charge in [0.2, 0.25) is 0 Å². The largest absolute Gasteiger partial charge is 0.413 e. The molecule has 5 rings (SSSR count). The Hall–Kier alpha value is -1.51. The van der Waals surface area contributed by atoms with E-state index in [0.29, 0.717) is 17.8 Å². The maximum Gasteiger partial charge on any atom is 0.192 e. The van der Waals surface area contributed by atoms with E-state index in [1.807, 2.05) is 0 Å². The Morgan fingerprint density at radius 3 is 2.09 bits per heavy atom. The fraction of sp³-hybridized carbons (Fsp3) is 0.708. The van der Waals surface area contributed by atoms with E-state index in [1.54, 1.807) is 5.57 Å². The number of benzene rings is 1. The molecule has 4 saturated carbocycles. The molecule has 0 aromatic heterocycles. The summed E-state index contributed by atoms with van der Waals surface area (Å²) < 4.78 is 14.2. The lowest BCUT2D eigenvalue weighted by Gasteiger charge is -2.45. The second-order valence-electron chi connectivity index (χ2n) is 21.4. The van der Waals surface area contributed by atoms with Crippen molar-refractivity contribution in [3.05, 3.63) is 82.5 Å². The Morgan fingerprint density at radius 1 is 0.925 bits per heavy atom. The summed E-state index contributed by atoms with van der Waals surface area (Å²) in [7, 11) is -3.96. The molecule has 0 spiro atoms. The Bertz CT molecular complexity index is 1560. The molecule has 0 aliphatic heterocycles. The number of fused-ring (bicyclic) bond motifs is 1. The minimum atomic E-state index is -2.00. The van der Waals surface area contributed by atoms with Crippen LogP contribution in [0.3, 0.4) is 0 Å². The van der Waals surface area contributed by atoms with Crippen LogP contribution in [0.25, 0.3) is 0 Å². The van der Waals surface area contributed by atoms with E-state index in [4.69, 9.17) is 15.4 Å².